The molecule has 1 atom stereocenters. The number of carbonyl (C=O) groups is 1. The number of rotatable bonds is 3. The highest BCUT2D eigenvalue weighted by molar-refractivity contribution is 7.11. The van der Waals surface area contributed by atoms with Gasteiger partial charge in [0.15, 0.2) is 0 Å². The Balaban J connectivity index is 1.75. The summed E-state index contributed by atoms with van der Waals surface area (Å²) in [4.78, 5) is 19.0. The lowest BCUT2D eigenvalue weighted by atomic mass is 9.97. The maximum absolute atomic E-state index is 12.5. The second-order valence-corrected chi connectivity index (χ2v) is 6.12. The van der Waals surface area contributed by atoms with E-state index in [4.69, 9.17) is 4.74 Å². The molecule has 110 valence electrons. The molecule has 1 amide bonds. The van der Waals surface area contributed by atoms with Gasteiger partial charge >= 0.3 is 0 Å². The zero-order valence-electron chi connectivity index (χ0n) is 12.2. The van der Waals surface area contributed by atoms with Gasteiger partial charge in [0, 0.05) is 7.05 Å². The van der Waals surface area contributed by atoms with Crippen LogP contribution in [0.5, 0.6) is 0 Å². The Labute approximate surface area is 128 Å². The number of hydrogen-bond acceptors (Lipinski definition) is 4. The van der Waals surface area contributed by atoms with Gasteiger partial charge < -0.3 is 9.64 Å². The van der Waals surface area contributed by atoms with Crippen molar-refractivity contribution in [3.8, 4) is 0 Å². The van der Waals surface area contributed by atoms with Gasteiger partial charge in [-0.05, 0) is 24.5 Å². The van der Waals surface area contributed by atoms with Gasteiger partial charge in [-0.3, -0.25) is 4.79 Å². The van der Waals surface area contributed by atoms with Gasteiger partial charge in [0.05, 0.1) is 24.4 Å². The minimum atomic E-state index is -0.0443. The van der Waals surface area contributed by atoms with Gasteiger partial charge in [0.25, 0.3) is 5.91 Å². The molecule has 0 spiro atoms. The smallest absolute Gasteiger partial charge is 0.265 e. The number of hydrogen-bond donors (Lipinski definition) is 0. The van der Waals surface area contributed by atoms with Gasteiger partial charge in [0.2, 0.25) is 0 Å². The van der Waals surface area contributed by atoms with Gasteiger partial charge in [-0.15, -0.1) is 11.3 Å². The summed E-state index contributed by atoms with van der Waals surface area (Å²) in [7, 11) is 1.82. The second-order valence-electron chi connectivity index (χ2n) is 5.26. The quantitative estimate of drug-likeness (QED) is 0.875. The highest BCUT2D eigenvalue weighted by atomic mass is 32.1. The molecular formula is C16H18N2O2S. The van der Waals surface area contributed by atoms with E-state index in [1.165, 1.54) is 22.5 Å². The number of thiazole rings is 1. The van der Waals surface area contributed by atoms with E-state index >= 15 is 0 Å². The molecule has 1 aliphatic heterocycles. The van der Waals surface area contributed by atoms with E-state index in [0.717, 1.165) is 12.1 Å². The molecule has 1 aromatic heterocycles. The van der Waals surface area contributed by atoms with Crippen LogP contribution in [0, 0.1) is 6.92 Å². The van der Waals surface area contributed by atoms with Gasteiger partial charge in [-0.25, -0.2) is 4.98 Å². The lowest BCUT2D eigenvalue weighted by Gasteiger charge is -2.29. The van der Waals surface area contributed by atoms with Crippen LogP contribution in [0.15, 0.2) is 29.8 Å². The van der Waals surface area contributed by atoms with E-state index in [9.17, 15) is 4.79 Å². The van der Waals surface area contributed by atoms with E-state index in [1.54, 1.807) is 10.4 Å². The molecule has 0 bridgehead atoms. The number of amides is 1. The SMILES string of the molecule is Cc1ncsc1C(=O)N(C)CC1OCCc2ccccc21. The largest absolute Gasteiger partial charge is 0.371 e. The average molecular weight is 302 g/mol. The first kappa shape index (κ1) is 14.2. The van der Waals surface area contributed by atoms with Crippen molar-refractivity contribution in [2.75, 3.05) is 20.2 Å². The molecule has 0 fully saturated rings. The number of nitrogens with zero attached hydrogens (tertiary/aromatic N) is 2. The van der Waals surface area contributed by atoms with E-state index in [-0.39, 0.29) is 12.0 Å². The summed E-state index contributed by atoms with van der Waals surface area (Å²) in [5.41, 5.74) is 5.03. The number of likely N-dealkylation sites (N-methyl/N-ethyl adjacent to an activating group) is 1. The molecule has 5 heteroatoms. The second kappa shape index (κ2) is 5.95. The van der Waals surface area contributed by atoms with E-state index in [2.05, 4.69) is 23.2 Å². The Bertz CT molecular complexity index is 653. The van der Waals surface area contributed by atoms with Crippen LogP contribution in [0.4, 0.5) is 0 Å². The molecule has 0 saturated heterocycles. The topological polar surface area (TPSA) is 42.4 Å². The van der Waals surface area contributed by atoms with Crippen molar-refractivity contribution in [2.45, 2.75) is 19.4 Å². The van der Waals surface area contributed by atoms with Gasteiger partial charge in [-0.1, -0.05) is 24.3 Å². The molecule has 2 heterocycles. The van der Waals surface area contributed by atoms with Crippen LogP contribution in [-0.2, 0) is 11.2 Å². The number of aromatic nitrogens is 1. The van der Waals surface area contributed by atoms with Crippen molar-refractivity contribution in [2.24, 2.45) is 0 Å². The number of benzene rings is 1. The Kier molecular flexibility index (Phi) is 4.03. The predicted octanol–water partition coefficient (Wildman–Crippen LogP) is 2.84. The van der Waals surface area contributed by atoms with Crippen molar-refractivity contribution in [1.82, 2.24) is 9.88 Å². The maximum atomic E-state index is 12.5. The number of fused-ring (bicyclic) bond motifs is 1. The summed E-state index contributed by atoms with van der Waals surface area (Å²) in [6.45, 7) is 3.14. The standard InChI is InChI=1S/C16H18N2O2S/c1-11-15(21-10-17-11)16(19)18(2)9-14-13-6-4-3-5-12(13)7-8-20-14/h3-6,10,14H,7-9H2,1-2H3. The number of aryl methyl sites for hydroxylation is 1. The van der Waals surface area contributed by atoms with Crippen LogP contribution in [0.3, 0.4) is 0 Å². The van der Waals surface area contributed by atoms with E-state index in [1.807, 2.05) is 20.0 Å². The average Bonchev–Trinajstić information content (AvgIpc) is 2.93. The number of carbonyl (C=O) groups excluding carboxylic acids is 1. The predicted molar refractivity (Wildman–Crippen MR) is 82.7 cm³/mol. The Morgan fingerprint density at radius 3 is 3.05 bits per heavy atom. The van der Waals surface area contributed by atoms with Crippen molar-refractivity contribution in [3.63, 3.8) is 0 Å². The molecule has 3 rings (SSSR count). The highest BCUT2D eigenvalue weighted by Gasteiger charge is 2.25. The molecule has 0 radical (unpaired) electrons. The van der Waals surface area contributed by atoms with Crippen LogP contribution in [0.25, 0.3) is 0 Å². The summed E-state index contributed by atoms with van der Waals surface area (Å²) in [6, 6.07) is 8.31. The summed E-state index contributed by atoms with van der Waals surface area (Å²) in [5, 5.41) is 0. The highest BCUT2D eigenvalue weighted by Crippen LogP contribution is 2.28. The van der Waals surface area contributed by atoms with Crippen molar-refractivity contribution in [1.29, 1.82) is 0 Å². The Hall–Kier alpha value is -1.72. The Morgan fingerprint density at radius 1 is 1.48 bits per heavy atom. The molecule has 1 aliphatic rings. The van der Waals surface area contributed by atoms with E-state index < -0.39 is 0 Å². The first-order valence-corrected chi connectivity index (χ1v) is 7.89. The van der Waals surface area contributed by atoms with Crippen molar-refractivity contribution < 1.29 is 9.53 Å². The summed E-state index contributed by atoms with van der Waals surface area (Å²) < 4.78 is 5.87. The molecule has 21 heavy (non-hydrogen) atoms. The number of ether oxygens (including phenoxy) is 1. The summed E-state index contributed by atoms with van der Waals surface area (Å²) in [6.07, 6.45) is 0.898. The van der Waals surface area contributed by atoms with Gasteiger partial charge in [0.1, 0.15) is 11.0 Å². The van der Waals surface area contributed by atoms with Gasteiger partial charge in [-0.2, -0.15) is 0 Å². The lowest BCUT2D eigenvalue weighted by Crippen LogP contribution is -2.33. The molecule has 0 aliphatic carbocycles. The first-order valence-electron chi connectivity index (χ1n) is 7.02. The van der Waals surface area contributed by atoms with Crippen LogP contribution in [-0.4, -0.2) is 36.0 Å². The fourth-order valence-corrected chi connectivity index (χ4v) is 3.44. The third-order valence-electron chi connectivity index (χ3n) is 3.82. The molecule has 1 unspecified atom stereocenters. The molecular weight excluding hydrogens is 284 g/mol. The van der Waals surface area contributed by atoms with Crippen LogP contribution in [0.2, 0.25) is 0 Å². The zero-order chi connectivity index (χ0) is 14.8. The van der Waals surface area contributed by atoms with Crippen molar-refractivity contribution >= 4 is 17.2 Å². The lowest BCUT2D eigenvalue weighted by molar-refractivity contribution is 0.0201. The zero-order valence-corrected chi connectivity index (χ0v) is 13.0. The third kappa shape index (κ3) is 2.84. The maximum Gasteiger partial charge on any atom is 0.265 e. The molecule has 1 aromatic carbocycles. The molecule has 4 nitrogen and oxygen atoms in total. The van der Waals surface area contributed by atoms with Crippen LogP contribution < -0.4 is 0 Å². The molecule has 0 N–H and O–H groups in total. The Morgan fingerprint density at radius 2 is 2.29 bits per heavy atom. The molecule has 2 aromatic rings. The van der Waals surface area contributed by atoms with Crippen LogP contribution in [0.1, 0.15) is 32.6 Å². The summed E-state index contributed by atoms with van der Waals surface area (Å²) in [5.74, 6) is 0.0154. The first-order chi connectivity index (χ1) is 10.2. The molecule has 0 saturated carbocycles. The minimum absolute atomic E-state index is 0.0154. The third-order valence-corrected chi connectivity index (χ3v) is 4.74. The minimum Gasteiger partial charge on any atom is -0.371 e. The fourth-order valence-electron chi connectivity index (χ4n) is 2.64. The van der Waals surface area contributed by atoms with Crippen molar-refractivity contribution in [3.05, 3.63) is 51.5 Å². The normalized spacial score (nSPS) is 17.3. The van der Waals surface area contributed by atoms with Crippen LogP contribution >= 0.6 is 11.3 Å². The monoisotopic (exact) mass is 302 g/mol. The van der Waals surface area contributed by atoms with E-state index in [0.29, 0.717) is 18.0 Å². The summed E-state index contributed by atoms with van der Waals surface area (Å²) >= 11 is 1.39. The fraction of sp³-hybridized carbons (Fsp3) is 0.375.